The van der Waals surface area contributed by atoms with E-state index in [1.54, 1.807) is 0 Å². The van der Waals surface area contributed by atoms with Gasteiger partial charge in [0, 0.05) is 31.6 Å². The Kier molecular flexibility index (Phi) is 3.53. The number of carbonyl (C=O) groups is 1. The highest BCUT2D eigenvalue weighted by Crippen LogP contribution is 2.32. The first kappa shape index (κ1) is 11.9. The smallest absolute Gasteiger partial charge is 0.222 e. The molecule has 2 heterocycles. The van der Waals surface area contributed by atoms with Crippen molar-refractivity contribution in [2.75, 3.05) is 7.05 Å². The molecule has 0 aromatic heterocycles. The van der Waals surface area contributed by atoms with Crippen molar-refractivity contribution < 1.29 is 4.79 Å². The molecule has 0 saturated carbocycles. The van der Waals surface area contributed by atoms with Crippen molar-refractivity contribution in [1.29, 1.82) is 0 Å². The van der Waals surface area contributed by atoms with E-state index in [9.17, 15) is 4.79 Å². The zero-order valence-corrected chi connectivity index (χ0v) is 10.7. The summed E-state index contributed by atoms with van der Waals surface area (Å²) in [6, 6.07) is 1.72. The third kappa shape index (κ3) is 2.57. The second-order valence-electron chi connectivity index (χ2n) is 5.78. The number of hydrogen-bond acceptors (Lipinski definition) is 2. The minimum absolute atomic E-state index is 0.321. The van der Waals surface area contributed by atoms with Crippen LogP contribution in [0.5, 0.6) is 0 Å². The van der Waals surface area contributed by atoms with Crippen molar-refractivity contribution in [2.45, 2.75) is 64.1 Å². The van der Waals surface area contributed by atoms with Gasteiger partial charge in [0.1, 0.15) is 0 Å². The molecule has 0 spiro atoms. The highest BCUT2D eigenvalue weighted by molar-refractivity contribution is 5.76. The van der Waals surface area contributed by atoms with E-state index in [1.807, 2.05) is 11.9 Å². The summed E-state index contributed by atoms with van der Waals surface area (Å²) >= 11 is 0. The molecule has 16 heavy (non-hydrogen) atoms. The first-order valence-electron chi connectivity index (χ1n) is 6.58. The van der Waals surface area contributed by atoms with E-state index >= 15 is 0 Å². The summed E-state index contributed by atoms with van der Waals surface area (Å²) in [7, 11) is 1.92. The van der Waals surface area contributed by atoms with E-state index in [1.165, 1.54) is 25.7 Å². The predicted molar refractivity (Wildman–Crippen MR) is 65.2 cm³/mol. The van der Waals surface area contributed by atoms with E-state index < -0.39 is 0 Å². The van der Waals surface area contributed by atoms with Crippen LogP contribution >= 0.6 is 0 Å². The molecule has 0 aromatic carbocycles. The molecule has 2 aliphatic heterocycles. The first-order valence-corrected chi connectivity index (χ1v) is 6.58. The summed E-state index contributed by atoms with van der Waals surface area (Å²) in [5, 5.41) is 3.62. The molecule has 1 amide bonds. The number of nitrogens with zero attached hydrogens (tertiary/aromatic N) is 1. The molecule has 2 unspecified atom stereocenters. The Balaban J connectivity index is 1.83. The second kappa shape index (κ2) is 4.74. The Morgan fingerprint density at radius 2 is 1.88 bits per heavy atom. The lowest BCUT2D eigenvalue weighted by Crippen LogP contribution is -2.41. The Bertz CT molecular complexity index is 253. The lowest BCUT2D eigenvalue weighted by Gasteiger charge is -2.30. The summed E-state index contributed by atoms with van der Waals surface area (Å²) in [5.41, 5.74) is 0. The summed E-state index contributed by atoms with van der Waals surface area (Å²) in [5.74, 6) is 0.939. The van der Waals surface area contributed by atoms with Crippen LogP contribution in [0.15, 0.2) is 0 Å². The minimum atomic E-state index is 0.321. The molecule has 2 rings (SSSR count). The third-order valence-corrected chi connectivity index (χ3v) is 4.20. The molecule has 2 saturated heterocycles. The molecule has 2 fully saturated rings. The summed E-state index contributed by atoms with van der Waals surface area (Å²) in [6.45, 7) is 4.15. The maximum Gasteiger partial charge on any atom is 0.222 e. The van der Waals surface area contributed by atoms with Crippen molar-refractivity contribution >= 4 is 5.91 Å². The average molecular weight is 224 g/mol. The van der Waals surface area contributed by atoms with Gasteiger partial charge in [0.15, 0.2) is 0 Å². The van der Waals surface area contributed by atoms with Crippen molar-refractivity contribution in [3.05, 3.63) is 0 Å². The van der Waals surface area contributed by atoms with Gasteiger partial charge in [0.25, 0.3) is 0 Å². The molecule has 2 aliphatic rings. The van der Waals surface area contributed by atoms with Gasteiger partial charge >= 0.3 is 0 Å². The molecule has 2 bridgehead atoms. The largest absolute Gasteiger partial charge is 0.343 e. The van der Waals surface area contributed by atoms with Crippen LogP contribution in [0, 0.1) is 5.92 Å². The van der Waals surface area contributed by atoms with Gasteiger partial charge < -0.3 is 10.2 Å². The number of carbonyl (C=O) groups excluding carboxylic acids is 1. The van der Waals surface area contributed by atoms with Gasteiger partial charge in [-0.1, -0.05) is 0 Å². The van der Waals surface area contributed by atoms with E-state index in [2.05, 4.69) is 19.2 Å². The number of amides is 1. The lowest BCUT2D eigenvalue weighted by molar-refractivity contribution is -0.132. The van der Waals surface area contributed by atoms with Gasteiger partial charge in [0.05, 0.1) is 0 Å². The van der Waals surface area contributed by atoms with Crippen molar-refractivity contribution in [1.82, 2.24) is 10.2 Å². The van der Waals surface area contributed by atoms with E-state index in [0.717, 1.165) is 6.42 Å². The van der Waals surface area contributed by atoms with E-state index in [0.29, 0.717) is 30.0 Å². The van der Waals surface area contributed by atoms with Crippen LogP contribution in [0.25, 0.3) is 0 Å². The van der Waals surface area contributed by atoms with Gasteiger partial charge in [-0.2, -0.15) is 0 Å². The quantitative estimate of drug-likeness (QED) is 0.792. The number of rotatable bonds is 3. The van der Waals surface area contributed by atoms with Crippen molar-refractivity contribution in [3.8, 4) is 0 Å². The van der Waals surface area contributed by atoms with Crippen molar-refractivity contribution in [2.24, 2.45) is 5.92 Å². The average Bonchev–Trinajstić information content (AvgIpc) is 2.56. The summed E-state index contributed by atoms with van der Waals surface area (Å²) in [4.78, 5) is 13.9. The van der Waals surface area contributed by atoms with Gasteiger partial charge in [-0.15, -0.1) is 0 Å². The van der Waals surface area contributed by atoms with Gasteiger partial charge in [0.2, 0.25) is 5.91 Å². The SMILES string of the molecule is CC(C)N(C)C(=O)CC1CC2CCC(C1)N2. The zero-order valence-electron chi connectivity index (χ0n) is 10.7. The minimum Gasteiger partial charge on any atom is -0.343 e. The van der Waals surface area contributed by atoms with Crippen LogP contribution < -0.4 is 5.32 Å². The number of fused-ring (bicyclic) bond motifs is 2. The molecule has 3 nitrogen and oxygen atoms in total. The fourth-order valence-corrected chi connectivity index (χ4v) is 3.02. The van der Waals surface area contributed by atoms with E-state index in [4.69, 9.17) is 0 Å². The third-order valence-electron chi connectivity index (χ3n) is 4.20. The van der Waals surface area contributed by atoms with Crippen LogP contribution in [-0.2, 0) is 4.79 Å². The molecular weight excluding hydrogens is 200 g/mol. The second-order valence-corrected chi connectivity index (χ2v) is 5.78. The highest BCUT2D eigenvalue weighted by Gasteiger charge is 2.34. The predicted octanol–water partition coefficient (Wildman–Crippen LogP) is 1.77. The van der Waals surface area contributed by atoms with Gasteiger partial charge in [-0.05, 0) is 45.4 Å². The summed E-state index contributed by atoms with van der Waals surface area (Å²) in [6.07, 6.45) is 5.79. The number of nitrogens with one attached hydrogen (secondary N) is 1. The topological polar surface area (TPSA) is 32.3 Å². The van der Waals surface area contributed by atoms with Crippen LogP contribution in [-0.4, -0.2) is 36.0 Å². The standard InChI is InChI=1S/C13H24N2O/c1-9(2)15(3)13(16)8-10-6-11-4-5-12(7-10)14-11/h9-12,14H,4-8H2,1-3H3. The van der Waals surface area contributed by atoms with Crippen molar-refractivity contribution in [3.63, 3.8) is 0 Å². The summed E-state index contributed by atoms with van der Waals surface area (Å²) < 4.78 is 0. The lowest BCUT2D eigenvalue weighted by atomic mass is 9.89. The van der Waals surface area contributed by atoms with Crippen LogP contribution in [0.2, 0.25) is 0 Å². The number of piperidine rings is 1. The number of hydrogen-bond donors (Lipinski definition) is 1. The molecule has 3 heteroatoms. The fourth-order valence-electron chi connectivity index (χ4n) is 3.02. The molecule has 0 aromatic rings. The van der Waals surface area contributed by atoms with Crippen LogP contribution in [0.3, 0.4) is 0 Å². The maximum absolute atomic E-state index is 12.0. The maximum atomic E-state index is 12.0. The Morgan fingerprint density at radius 1 is 1.31 bits per heavy atom. The molecular formula is C13H24N2O. The van der Waals surface area contributed by atoms with Crippen LogP contribution in [0.1, 0.15) is 46.0 Å². The molecule has 92 valence electrons. The first-order chi connectivity index (χ1) is 7.56. The monoisotopic (exact) mass is 224 g/mol. The highest BCUT2D eigenvalue weighted by atomic mass is 16.2. The van der Waals surface area contributed by atoms with E-state index in [-0.39, 0.29) is 0 Å². The van der Waals surface area contributed by atoms with Crippen LogP contribution in [0.4, 0.5) is 0 Å². The zero-order chi connectivity index (χ0) is 11.7. The Morgan fingerprint density at radius 3 is 2.38 bits per heavy atom. The Hall–Kier alpha value is -0.570. The Labute approximate surface area is 98.6 Å². The molecule has 0 radical (unpaired) electrons. The van der Waals surface area contributed by atoms with Gasteiger partial charge in [-0.25, -0.2) is 0 Å². The van der Waals surface area contributed by atoms with Gasteiger partial charge in [-0.3, -0.25) is 4.79 Å². The molecule has 0 aliphatic carbocycles. The molecule has 1 N–H and O–H groups in total. The normalized spacial score (nSPS) is 33.1. The fraction of sp³-hybridized carbons (Fsp3) is 0.923. The molecule has 2 atom stereocenters.